The molecule has 0 aliphatic heterocycles. The third-order valence-electron chi connectivity index (χ3n) is 3.45. The van der Waals surface area contributed by atoms with Gasteiger partial charge in [-0.25, -0.2) is 0 Å². The lowest BCUT2D eigenvalue weighted by molar-refractivity contribution is -0.121. The highest BCUT2D eigenvalue weighted by atomic mass is 16.3. The lowest BCUT2D eigenvalue weighted by Gasteiger charge is -2.11. The fourth-order valence-corrected chi connectivity index (χ4v) is 2.29. The lowest BCUT2D eigenvalue weighted by Crippen LogP contribution is -2.29. The topological polar surface area (TPSA) is 49.3 Å². The molecule has 0 aromatic rings. The average Bonchev–Trinajstić information content (AvgIpc) is 2.79. The summed E-state index contributed by atoms with van der Waals surface area (Å²) in [5.41, 5.74) is 0. The lowest BCUT2D eigenvalue weighted by atomic mass is 10.0. The minimum atomic E-state index is 0.137. The third kappa shape index (κ3) is 5.50. The minimum Gasteiger partial charge on any atom is -0.396 e. The van der Waals surface area contributed by atoms with E-state index in [9.17, 15) is 4.79 Å². The monoisotopic (exact) mass is 227 g/mol. The van der Waals surface area contributed by atoms with Gasteiger partial charge in [0.1, 0.15) is 0 Å². The molecular formula is C13H25NO2. The van der Waals surface area contributed by atoms with Crippen molar-refractivity contribution in [2.24, 2.45) is 11.8 Å². The molecule has 1 unspecified atom stereocenters. The van der Waals surface area contributed by atoms with Gasteiger partial charge < -0.3 is 10.4 Å². The van der Waals surface area contributed by atoms with Crippen LogP contribution < -0.4 is 5.32 Å². The first-order valence-corrected chi connectivity index (χ1v) is 6.60. The maximum Gasteiger partial charge on any atom is 0.220 e. The van der Waals surface area contributed by atoms with Crippen molar-refractivity contribution >= 4 is 5.91 Å². The van der Waals surface area contributed by atoms with Crippen LogP contribution in [0.5, 0.6) is 0 Å². The molecule has 0 aromatic heterocycles. The molecule has 1 aliphatic rings. The van der Waals surface area contributed by atoms with E-state index in [-0.39, 0.29) is 18.4 Å². The van der Waals surface area contributed by atoms with Crippen LogP contribution in [0.2, 0.25) is 0 Å². The van der Waals surface area contributed by atoms with E-state index >= 15 is 0 Å². The smallest absolute Gasteiger partial charge is 0.220 e. The van der Waals surface area contributed by atoms with Gasteiger partial charge in [-0.2, -0.15) is 0 Å². The summed E-state index contributed by atoms with van der Waals surface area (Å²) in [6.45, 7) is 2.67. The van der Waals surface area contributed by atoms with Crippen LogP contribution in [0.25, 0.3) is 0 Å². The van der Waals surface area contributed by atoms with Crippen molar-refractivity contribution in [1.29, 1.82) is 0 Å². The van der Waals surface area contributed by atoms with Crippen LogP contribution in [0.15, 0.2) is 0 Å². The maximum atomic E-state index is 11.4. The van der Waals surface area contributed by atoms with Crippen molar-refractivity contribution < 1.29 is 9.90 Å². The van der Waals surface area contributed by atoms with Gasteiger partial charge in [-0.05, 0) is 24.7 Å². The Hall–Kier alpha value is -0.570. The van der Waals surface area contributed by atoms with Gasteiger partial charge >= 0.3 is 0 Å². The van der Waals surface area contributed by atoms with Crippen molar-refractivity contribution in [1.82, 2.24) is 5.32 Å². The Morgan fingerprint density at radius 1 is 1.44 bits per heavy atom. The van der Waals surface area contributed by atoms with E-state index < -0.39 is 0 Å². The van der Waals surface area contributed by atoms with Gasteiger partial charge in [-0.1, -0.05) is 32.6 Å². The molecule has 0 aromatic carbocycles. The summed E-state index contributed by atoms with van der Waals surface area (Å²) < 4.78 is 0. The van der Waals surface area contributed by atoms with Gasteiger partial charge in [0, 0.05) is 19.6 Å². The fourth-order valence-electron chi connectivity index (χ4n) is 2.29. The van der Waals surface area contributed by atoms with Gasteiger partial charge in [0.15, 0.2) is 0 Å². The Kier molecular flexibility index (Phi) is 6.46. The largest absolute Gasteiger partial charge is 0.396 e. The summed E-state index contributed by atoms with van der Waals surface area (Å²) in [4.78, 5) is 11.4. The molecule has 3 heteroatoms. The van der Waals surface area contributed by atoms with E-state index in [1.165, 1.54) is 32.1 Å². The van der Waals surface area contributed by atoms with Crippen molar-refractivity contribution in [3.05, 3.63) is 0 Å². The summed E-state index contributed by atoms with van der Waals surface area (Å²) in [5.74, 6) is 1.18. The summed E-state index contributed by atoms with van der Waals surface area (Å²) >= 11 is 0. The van der Waals surface area contributed by atoms with Crippen LogP contribution in [0.4, 0.5) is 0 Å². The highest BCUT2D eigenvalue weighted by Gasteiger charge is 2.14. The SMILES string of the molecule is CC(CO)CNC(=O)CCCC1CCCC1. The van der Waals surface area contributed by atoms with E-state index in [1.807, 2.05) is 6.92 Å². The van der Waals surface area contributed by atoms with Gasteiger partial charge in [-0.15, -0.1) is 0 Å². The molecule has 2 N–H and O–H groups in total. The molecule has 0 saturated heterocycles. The van der Waals surface area contributed by atoms with Crippen LogP contribution in [0.3, 0.4) is 0 Å². The van der Waals surface area contributed by atoms with E-state index in [1.54, 1.807) is 0 Å². The second kappa shape index (κ2) is 7.66. The van der Waals surface area contributed by atoms with Crippen LogP contribution in [0.1, 0.15) is 51.9 Å². The molecule has 1 aliphatic carbocycles. The molecule has 1 rings (SSSR count). The maximum absolute atomic E-state index is 11.4. The number of aliphatic hydroxyl groups is 1. The zero-order valence-electron chi connectivity index (χ0n) is 10.4. The predicted octanol–water partition coefficient (Wildman–Crippen LogP) is 2.09. The van der Waals surface area contributed by atoms with Crippen molar-refractivity contribution in [2.75, 3.05) is 13.2 Å². The van der Waals surface area contributed by atoms with Gasteiger partial charge in [0.05, 0.1) is 0 Å². The van der Waals surface area contributed by atoms with Crippen LogP contribution in [0, 0.1) is 11.8 Å². The van der Waals surface area contributed by atoms with Gasteiger partial charge in [-0.3, -0.25) is 4.79 Å². The van der Waals surface area contributed by atoms with Crippen molar-refractivity contribution in [3.63, 3.8) is 0 Å². The Bertz CT molecular complexity index is 200. The molecule has 3 nitrogen and oxygen atoms in total. The van der Waals surface area contributed by atoms with Crippen LogP contribution in [-0.2, 0) is 4.79 Å². The molecule has 0 heterocycles. The number of amides is 1. The number of hydrogen-bond donors (Lipinski definition) is 2. The molecule has 0 radical (unpaired) electrons. The third-order valence-corrected chi connectivity index (χ3v) is 3.45. The van der Waals surface area contributed by atoms with Gasteiger partial charge in [0.25, 0.3) is 0 Å². The second-order valence-electron chi connectivity index (χ2n) is 5.13. The summed E-state index contributed by atoms with van der Waals surface area (Å²) in [6, 6.07) is 0. The van der Waals surface area contributed by atoms with Crippen LogP contribution >= 0.6 is 0 Å². The first kappa shape index (κ1) is 13.5. The Morgan fingerprint density at radius 3 is 2.75 bits per heavy atom. The standard InChI is InChI=1S/C13H25NO2/c1-11(10-15)9-14-13(16)8-4-7-12-5-2-3-6-12/h11-12,15H,2-10H2,1H3,(H,14,16). The Labute approximate surface area is 98.6 Å². The number of nitrogens with one attached hydrogen (secondary N) is 1. The second-order valence-corrected chi connectivity index (χ2v) is 5.13. The number of carbonyl (C=O) groups excluding carboxylic acids is 1. The Morgan fingerprint density at radius 2 is 2.12 bits per heavy atom. The number of aliphatic hydroxyl groups excluding tert-OH is 1. The molecule has 0 spiro atoms. The predicted molar refractivity (Wildman–Crippen MR) is 65.1 cm³/mol. The molecule has 16 heavy (non-hydrogen) atoms. The number of hydrogen-bond acceptors (Lipinski definition) is 2. The molecular weight excluding hydrogens is 202 g/mol. The Balaban J connectivity index is 1.97. The first-order chi connectivity index (χ1) is 7.72. The molecule has 0 bridgehead atoms. The fraction of sp³-hybridized carbons (Fsp3) is 0.923. The van der Waals surface area contributed by atoms with Crippen molar-refractivity contribution in [2.45, 2.75) is 51.9 Å². The summed E-state index contributed by atoms with van der Waals surface area (Å²) in [6.07, 6.45) is 8.36. The highest BCUT2D eigenvalue weighted by Crippen LogP contribution is 2.28. The van der Waals surface area contributed by atoms with Gasteiger partial charge in [0.2, 0.25) is 5.91 Å². The van der Waals surface area contributed by atoms with Crippen molar-refractivity contribution in [3.8, 4) is 0 Å². The first-order valence-electron chi connectivity index (χ1n) is 6.60. The molecule has 94 valence electrons. The quantitative estimate of drug-likeness (QED) is 0.699. The van der Waals surface area contributed by atoms with E-state index in [0.29, 0.717) is 13.0 Å². The highest BCUT2D eigenvalue weighted by molar-refractivity contribution is 5.75. The normalized spacial score (nSPS) is 18.6. The zero-order valence-corrected chi connectivity index (χ0v) is 10.4. The average molecular weight is 227 g/mol. The summed E-state index contributed by atoms with van der Waals surface area (Å²) in [7, 11) is 0. The molecule has 1 amide bonds. The number of carbonyl (C=O) groups is 1. The number of rotatable bonds is 7. The van der Waals surface area contributed by atoms with E-state index in [0.717, 1.165) is 12.3 Å². The molecule has 1 saturated carbocycles. The minimum absolute atomic E-state index is 0.137. The molecule has 1 fully saturated rings. The van der Waals surface area contributed by atoms with E-state index in [4.69, 9.17) is 5.11 Å². The summed E-state index contributed by atoms with van der Waals surface area (Å²) in [5, 5.41) is 11.7. The van der Waals surface area contributed by atoms with Crippen LogP contribution in [-0.4, -0.2) is 24.2 Å². The molecule has 1 atom stereocenters. The zero-order chi connectivity index (χ0) is 11.8. The van der Waals surface area contributed by atoms with E-state index in [2.05, 4.69) is 5.32 Å².